The molecule has 0 amide bonds. The zero-order valence-electron chi connectivity index (χ0n) is 12.8. The first-order valence-electron chi connectivity index (χ1n) is 7.15. The molecule has 0 aliphatic carbocycles. The van der Waals surface area contributed by atoms with Crippen LogP contribution in [0.4, 0.5) is 0 Å². The molecule has 0 aliphatic heterocycles. The van der Waals surface area contributed by atoms with E-state index in [9.17, 15) is 5.11 Å². The van der Waals surface area contributed by atoms with Gasteiger partial charge < -0.3 is 15.2 Å². The summed E-state index contributed by atoms with van der Waals surface area (Å²) in [7, 11) is 1.74. The van der Waals surface area contributed by atoms with Crippen molar-refractivity contribution in [3.05, 3.63) is 0 Å². The second-order valence-corrected chi connectivity index (χ2v) is 5.28. The van der Waals surface area contributed by atoms with Crippen molar-refractivity contribution in [2.24, 2.45) is 0 Å². The zero-order valence-corrected chi connectivity index (χ0v) is 12.8. The summed E-state index contributed by atoms with van der Waals surface area (Å²) in [5, 5.41) is 12.7. The van der Waals surface area contributed by atoms with E-state index in [1.165, 1.54) is 0 Å². The SMILES string of the molecule is CCC(C)N(CCOC)CCC(CO)NC(C)C. The van der Waals surface area contributed by atoms with Crippen LogP contribution in [0.3, 0.4) is 0 Å². The van der Waals surface area contributed by atoms with Crippen LogP contribution in [0, 0.1) is 0 Å². The van der Waals surface area contributed by atoms with Crippen LogP contribution in [0.5, 0.6) is 0 Å². The first kappa shape index (κ1) is 17.8. The quantitative estimate of drug-likeness (QED) is 0.591. The van der Waals surface area contributed by atoms with Gasteiger partial charge in [-0.15, -0.1) is 0 Å². The largest absolute Gasteiger partial charge is 0.395 e. The number of ether oxygens (including phenoxy) is 1. The Morgan fingerprint density at radius 3 is 2.33 bits per heavy atom. The molecule has 2 unspecified atom stereocenters. The van der Waals surface area contributed by atoms with Crippen LogP contribution in [-0.4, -0.2) is 61.5 Å². The van der Waals surface area contributed by atoms with Gasteiger partial charge in [0, 0.05) is 38.3 Å². The molecule has 0 heterocycles. The zero-order chi connectivity index (χ0) is 14.0. The minimum atomic E-state index is 0.194. The van der Waals surface area contributed by atoms with Crippen LogP contribution in [0.15, 0.2) is 0 Å². The predicted octanol–water partition coefficient (Wildman–Crippen LogP) is 1.48. The molecule has 2 N–H and O–H groups in total. The van der Waals surface area contributed by atoms with Crippen LogP contribution < -0.4 is 5.32 Å². The van der Waals surface area contributed by atoms with Gasteiger partial charge in [0.05, 0.1) is 13.2 Å². The first-order chi connectivity index (χ1) is 8.54. The van der Waals surface area contributed by atoms with Gasteiger partial charge in [0.25, 0.3) is 0 Å². The highest BCUT2D eigenvalue weighted by Crippen LogP contribution is 2.06. The van der Waals surface area contributed by atoms with Gasteiger partial charge in [-0.2, -0.15) is 0 Å². The van der Waals surface area contributed by atoms with E-state index in [0.29, 0.717) is 12.1 Å². The molecule has 4 nitrogen and oxygen atoms in total. The van der Waals surface area contributed by atoms with Crippen LogP contribution in [0.25, 0.3) is 0 Å². The van der Waals surface area contributed by atoms with E-state index in [1.807, 2.05) is 0 Å². The molecule has 0 rings (SSSR count). The number of hydrogen-bond donors (Lipinski definition) is 2. The molecule has 0 saturated carbocycles. The van der Waals surface area contributed by atoms with Gasteiger partial charge in [0.2, 0.25) is 0 Å². The van der Waals surface area contributed by atoms with E-state index < -0.39 is 0 Å². The number of nitrogens with one attached hydrogen (secondary N) is 1. The normalized spacial score (nSPS) is 15.3. The molecule has 4 heteroatoms. The molecule has 0 aliphatic rings. The van der Waals surface area contributed by atoms with Gasteiger partial charge in [-0.05, 0) is 19.8 Å². The van der Waals surface area contributed by atoms with Gasteiger partial charge >= 0.3 is 0 Å². The summed E-state index contributed by atoms with van der Waals surface area (Å²) in [4.78, 5) is 2.44. The van der Waals surface area contributed by atoms with Crippen molar-refractivity contribution in [1.82, 2.24) is 10.2 Å². The summed E-state index contributed by atoms with van der Waals surface area (Å²) < 4.78 is 5.16. The monoisotopic (exact) mass is 260 g/mol. The van der Waals surface area contributed by atoms with Gasteiger partial charge in [0.1, 0.15) is 0 Å². The van der Waals surface area contributed by atoms with Crippen molar-refractivity contribution in [2.75, 3.05) is 33.4 Å². The third kappa shape index (κ3) is 8.03. The van der Waals surface area contributed by atoms with Gasteiger partial charge in [-0.1, -0.05) is 20.8 Å². The van der Waals surface area contributed by atoms with Crippen molar-refractivity contribution in [1.29, 1.82) is 0 Å². The van der Waals surface area contributed by atoms with Gasteiger partial charge in [-0.25, -0.2) is 0 Å². The summed E-state index contributed by atoms with van der Waals surface area (Å²) in [6.45, 7) is 11.6. The van der Waals surface area contributed by atoms with Gasteiger partial charge in [0.15, 0.2) is 0 Å². The fourth-order valence-electron chi connectivity index (χ4n) is 2.04. The van der Waals surface area contributed by atoms with Gasteiger partial charge in [-0.3, -0.25) is 4.90 Å². The lowest BCUT2D eigenvalue weighted by atomic mass is 10.1. The van der Waals surface area contributed by atoms with Crippen LogP contribution in [0.1, 0.15) is 40.5 Å². The minimum absolute atomic E-state index is 0.194. The Hall–Kier alpha value is -0.160. The third-order valence-corrected chi connectivity index (χ3v) is 3.35. The molecular formula is C14H32N2O2. The van der Waals surface area contributed by atoms with Crippen molar-refractivity contribution < 1.29 is 9.84 Å². The molecule has 2 atom stereocenters. The maximum atomic E-state index is 9.35. The lowest BCUT2D eigenvalue weighted by Gasteiger charge is -2.30. The van der Waals surface area contributed by atoms with Crippen molar-refractivity contribution >= 4 is 0 Å². The molecule has 0 aromatic heterocycles. The Kier molecular flexibility index (Phi) is 10.6. The number of methoxy groups -OCH3 is 1. The van der Waals surface area contributed by atoms with Crippen LogP contribution in [0.2, 0.25) is 0 Å². The average Bonchev–Trinajstić information content (AvgIpc) is 2.35. The first-order valence-corrected chi connectivity index (χ1v) is 7.15. The molecule has 18 heavy (non-hydrogen) atoms. The summed E-state index contributed by atoms with van der Waals surface area (Å²) in [5.41, 5.74) is 0. The summed E-state index contributed by atoms with van der Waals surface area (Å²) >= 11 is 0. The minimum Gasteiger partial charge on any atom is -0.395 e. The fourth-order valence-corrected chi connectivity index (χ4v) is 2.04. The Labute approximate surface area is 113 Å². The molecular weight excluding hydrogens is 228 g/mol. The molecule has 110 valence electrons. The molecule has 0 bridgehead atoms. The Morgan fingerprint density at radius 2 is 1.89 bits per heavy atom. The molecule has 0 aromatic rings. The summed E-state index contributed by atoms with van der Waals surface area (Å²) in [6.07, 6.45) is 2.12. The fraction of sp³-hybridized carbons (Fsp3) is 1.00. The van der Waals surface area contributed by atoms with Crippen molar-refractivity contribution in [2.45, 2.75) is 58.7 Å². The molecule has 0 radical (unpaired) electrons. The summed E-state index contributed by atoms with van der Waals surface area (Å²) in [5.74, 6) is 0. The lowest BCUT2D eigenvalue weighted by molar-refractivity contribution is 0.114. The highest BCUT2D eigenvalue weighted by Gasteiger charge is 2.15. The number of hydrogen-bond acceptors (Lipinski definition) is 4. The maximum Gasteiger partial charge on any atom is 0.0589 e. The summed E-state index contributed by atoms with van der Waals surface area (Å²) in [6, 6.07) is 1.18. The maximum absolute atomic E-state index is 9.35. The average molecular weight is 260 g/mol. The Balaban J connectivity index is 4.13. The third-order valence-electron chi connectivity index (χ3n) is 3.35. The number of aliphatic hydroxyl groups excluding tert-OH is 1. The number of nitrogens with zero attached hydrogens (tertiary/aromatic N) is 1. The van der Waals surface area contributed by atoms with E-state index in [2.05, 4.69) is 37.9 Å². The van der Waals surface area contributed by atoms with Crippen LogP contribution >= 0.6 is 0 Å². The highest BCUT2D eigenvalue weighted by molar-refractivity contribution is 4.73. The number of aliphatic hydroxyl groups is 1. The molecule has 0 aromatic carbocycles. The van der Waals surface area contributed by atoms with E-state index in [4.69, 9.17) is 4.74 Å². The highest BCUT2D eigenvalue weighted by atomic mass is 16.5. The van der Waals surface area contributed by atoms with E-state index in [0.717, 1.165) is 32.5 Å². The number of rotatable bonds is 11. The second kappa shape index (κ2) is 10.7. The molecule has 0 fully saturated rings. The van der Waals surface area contributed by atoms with Crippen molar-refractivity contribution in [3.63, 3.8) is 0 Å². The molecule has 0 spiro atoms. The van der Waals surface area contributed by atoms with E-state index >= 15 is 0 Å². The van der Waals surface area contributed by atoms with E-state index in [1.54, 1.807) is 7.11 Å². The smallest absolute Gasteiger partial charge is 0.0589 e. The lowest BCUT2D eigenvalue weighted by Crippen LogP contribution is -2.43. The van der Waals surface area contributed by atoms with Crippen LogP contribution in [-0.2, 0) is 4.74 Å². The molecule has 0 saturated heterocycles. The topological polar surface area (TPSA) is 44.7 Å². The Morgan fingerprint density at radius 1 is 1.22 bits per heavy atom. The predicted molar refractivity (Wildman–Crippen MR) is 77.0 cm³/mol. The Bertz CT molecular complexity index is 189. The second-order valence-electron chi connectivity index (χ2n) is 5.28. The van der Waals surface area contributed by atoms with E-state index in [-0.39, 0.29) is 12.6 Å². The van der Waals surface area contributed by atoms with Crippen molar-refractivity contribution in [3.8, 4) is 0 Å². The standard InChI is InChI=1S/C14H32N2O2/c1-6-13(4)16(9-10-18-5)8-7-14(11-17)15-12(2)3/h12-15,17H,6-11H2,1-5H3.